The molecule has 2 fully saturated rings. The van der Waals surface area contributed by atoms with Gasteiger partial charge in [0, 0.05) is 30.9 Å². The number of methoxy groups -OCH3 is 2. The fourth-order valence-corrected chi connectivity index (χ4v) is 8.34. The lowest BCUT2D eigenvalue weighted by atomic mass is 10.1. The Bertz CT molecular complexity index is 2150. The highest BCUT2D eigenvalue weighted by Gasteiger charge is 2.48. The van der Waals surface area contributed by atoms with E-state index in [1.807, 2.05) is 6.92 Å². The van der Waals surface area contributed by atoms with Crippen LogP contribution in [0.1, 0.15) is 46.0 Å². The van der Waals surface area contributed by atoms with Crippen LogP contribution in [0.5, 0.6) is 23.0 Å². The van der Waals surface area contributed by atoms with Crippen molar-refractivity contribution in [3.8, 4) is 23.0 Å². The van der Waals surface area contributed by atoms with Crippen LogP contribution in [-0.2, 0) is 21.5 Å². The number of fused-ring (bicyclic) bond motifs is 4. The maximum absolute atomic E-state index is 14.0. The molecule has 3 aromatic carbocycles. The number of aliphatic hydroxyl groups is 1. The number of hydrogen-bond acceptors (Lipinski definition) is 13. The first-order valence-corrected chi connectivity index (χ1v) is 18.5. The van der Waals surface area contributed by atoms with E-state index in [0.717, 1.165) is 4.90 Å². The summed E-state index contributed by atoms with van der Waals surface area (Å²) < 4.78 is 51.8. The molecule has 0 bridgehead atoms. The van der Waals surface area contributed by atoms with Crippen molar-refractivity contribution in [3.63, 3.8) is 0 Å². The van der Waals surface area contributed by atoms with Crippen LogP contribution in [0.25, 0.3) is 0 Å². The van der Waals surface area contributed by atoms with Crippen LogP contribution < -0.4 is 35.2 Å². The summed E-state index contributed by atoms with van der Waals surface area (Å²) in [6.45, 7) is 6.12. The zero-order valence-corrected chi connectivity index (χ0v) is 30.4. The number of ether oxygens (including phenoxy) is 3. The number of nitrogens with one attached hydrogen (secondary N) is 1. The van der Waals surface area contributed by atoms with Gasteiger partial charge in [-0.3, -0.25) is 23.9 Å². The molecule has 5 atom stereocenters. The fourth-order valence-electron chi connectivity index (χ4n) is 7.42. The maximum atomic E-state index is 14.0. The number of hydrogen-bond donors (Lipinski definition) is 4. The predicted molar refractivity (Wildman–Crippen MR) is 193 cm³/mol. The van der Waals surface area contributed by atoms with Crippen molar-refractivity contribution in [3.05, 3.63) is 77.4 Å². The molecular weight excluding hydrogens is 726 g/mol. The van der Waals surface area contributed by atoms with Crippen LogP contribution in [0.4, 0.5) is 21.9 Å². The molecule has 4 aliphatic heterocycles. The number of aliphatic hydroxyl groups excluding tert-OH is 1. The van der Waals surface area contributed by atoms with Crippen molar-refractivity contribution in [2.24, 2.45) is 5.92 Å². The largest absolute Gasteiger partial charge is 0.493 e. The van der Waals surface area contributed by atoms with E-state index in [1.54, 1.807) is 24.3 Å². The zero-order chi connectivity index (χ0) is 38.6. The molecule has 7 rings (SSSR count). The number of anilines is 3. The molecule has 5 N–H and O–H groups in total. The molecule has 3 amide bonds. The van der Waals surface area contributed by atoms with Gasteiger partial charge in [0.2, 0.25) is 11.5 Å². The van der Waals surface area contributed by atoms with E-state index in [0.29, 0.717) is 29.8 Å². The predicted octanol–water partition coefficient (Wildman–Crippen LogP) is 3.39. The van der Waals surface area contributed by atoms with Crippen LogP contribution in [0.3, 0.4) is 0 Å². The minimum absolute atomic E-state index is 0.00879. The van der Waals surface area contributed by atoms with Crippen LogP contribution in [0.15, 0.2) is 60.7 Å². The molecule has 4 heterocycles. The van der Waals surface area contributed by atoms with Gasteiger partial charge in [-0.1, -0.05) is 31.2 Å². The number of amides is 3. The molecule has 0 aliphatic carbocycles. The molecular formula is C36H39N5O12S. The number of rotatable bonds is 8. The Morgan fingerprint density at radius 3 is 2.22 bits per heavy atom. The summed E-state index contributed by atoms with van der Waals surface area (Å²) in [5.74, 6) is -1.15. The minimum Gasteiger partial charge on any atom is -0.493 e. The van der Waals surface area contributed by atoms with Gasteiger partial charge in [0.05, 0.1) is 48.8 Å². The molecule has 54 heavy (non-hydrogen) atoms. The van der Waals surface area contributed by atoms with Crippen LogP contribution in [0.2, 0.25) is 0 Å². The summed E-state index contributed by atoms with van der Waals surface area (Å²) in [5, 5.41) is 12.9. The van der Waals surface area contributed by atoms with E-state index in [2.05, 4.69) is 11.9 Å². The third-order valence-corrected chi connectivity index (χ3v) is 11.1. The first-order valence-electron chi connectivity index (χ1n) is 17.0. The SMILES string of the molecule is C=C1C[C@H]2C(S(=O)(=O)O)Nc3cc(OOc4cc5c(cc4OC)C(=O)N4CC(C)C[C@H]4[C@H](O)N5C(=O)OCc4ccc(N)cc4)c(OC)cc3C(=O)N2C1. The molecule has 0 aromatic heterocycles. The second-order valence-corrected chi connectivity index (χ2v) is 15.3. The van der Waals surface area contributed by atoms with E-state index in [1.165, 1.54) is 48.3 Å². The lowest BCUT2D eigenvalue weighted by Crippen LogP contribution is -2.50. The van der Waals surface area contributed by atoms with Crippen molar-refractivity contribution < 1.29 is 56.4 Å². The Morgan fingerprint density at radius 2 is 1.57 bits per heavy atom. The first-order chi connectivity index (χ1) is 25.7. The van der Waals surface area contributed by atoms with Gasteiger partial charge < -0.3 is 40.2 Å². The Labute approximate surface area is 310 Å². The van der Waals surface area contributed by atoms with Gasteiger partial charge in [0.1, 0.15) is 6.61 Å². The van der Waals surface area contributed by atoms with Crippen molar-refractivity contribution >= 4 is 45.1 Å². The molecule has 0 spiro atoms. The quantitative estimate of drug-likeness (QED) is 0.0850. The molecule has 2 saturated heterocycles. The third kappa shape index (κ3) is 6.56. The van der Waals surface area contributed by atoms with Gasteiger partial charge in [0.25, 0.3) is 21.9 Å². The van der Waals surface area contributed by atoms with Crippen molar-refractivity contribution in [2.45, 2.75) is 50.1 Å². The number of carbonyl (C=O) groups excluding carboxylic acids is 3. The summed E-state index contributed by atoms with van der Waals surface area (Å²) in [4.78, 5) is 56.7. The molecule has 2 unspecified atom stereocenters. The van der Waals surface area contributed by atoms with Crippen LogP contribution in [-0.4, -0.2) is 96.8 Å². The minimum atomic E-state index is -4.71. The lowest BCUT2D eigenvalue weighted by Gasteiger charge is -2.31. The molecule has 0 saturated carbocycles. The number of nitrogens with two attached hydrogens (primary N) is 1. The van der Waals surface area contributed by atoms with Crippen LogP contribution >= 0.6 is 0 Å². The lowest BCUT2D eigenvalue weighted by molar-refractivity contribution is -0.103. The third-order valence-electron chi connectivity index (χ3n) is 10.0. The molecule has 17 nitrogen and oxygen atoms in total. The number of benzene rings is 3. The Hall–Kier alpha value is -5.72. The maximum Gasteiger partial charge on any atom is 0.416 e. The highest BCUT2D eigenvalue weighted by Crippen LogP contribution is 2.44. The van der Waals surface area contributed by atoms with Gasteiger partial charge in [-0.15, -0.1) is 0 Å². The second-order valence-electron chi connectivity index (χ2n) is 13.7. The normalized spacial score (nSPS) is 23.3. The number of nitrogens with zero attached hydrogens (tertiary/aromatic N) is 3. The fraction of sp³-hybridized carbons (Fsp3) is 0.361. The Morgan fingerprint density at radius 1 is 0.944 bits per heavy atom. The summed E-state index contributed by atoms with van der Waals surface area (Å²) in [7, 11) is -2.06. The van der Waals surface area contributed by atoms with Crippen LogP contribution in [0, 0.1) is 5.92 Å². The average molecular weight is 766 g/mol. The smallest absolute Gasteiger partial charge is 0.416 e. The highest BCUT2D eigenvalue weighted by atomic mass is 32.2. The molecule has 3 aromatic rings. The summed E-state index contributed by atoms with van der Waals surface area (Å²) in [5.41, 5.74) is 7.62. The molecule has 0 radical (unpaired) electrons. The second kappa shape index (κ2) is 13.9. The average Bonchev–Trinajstić information content (AvgIpc) is 3.68. The van der Waals surface area contributed by atoms with Crippen molar-refractivity contribution in [1.82, 2.24) is 9.80 Å². The monoisotopic (exact) mass is 765 g/mol. The highest BCUT2D eigenvalue weighted by molar-refractivity contribution is 7.86. The van der Waals surface area contributed by atoms with Gasteiger partial charge in [-0.2, -0.15) is 8.42 Å². The van der Waals surface area contributed by atoms with Crippen molar-refractivity contribution in [2.75, 3.05) is 43.3 Å². The number of carbonyl (C=O) groups is 3. The topological polar surface area (TPSA) is 220 Å². The summed E-state index contributed by atoms with van der Waals surface area (Å²) in [6.07, 6.45) is -1.86. The zero-order valence-electron chi connectivity index (χ0n) is 29.6. The Kier molecular flexibility index (Phi) is 9.45. The standard InChI is InChI=1S/C36H39N5O12S/c1-18-9-26-32(54(46,47)48)38-24-13-30(28(49-3)11-22(24)33(42)39(26)15-18)52-53-31-14-25-23(12-29(31)50-4)34(43)40-16-19(2)10-27(40)35(44)41(25)36(45)51-17-20-5-7-21(37)8-6-20/h5-8,11-14,19,26-27,32,35,38,44H,1,9-10,15-17,37H2,2-4H3,(H,46,47,48)/t19?,26-,27-,32?,35-/m0/s1. The molecule has 18 heteroatoms. The van der Waals surface area contributed by atoms with E-state index in [9.17, 15) is 32.5 Å². The van der Waals surface area contributed by atoms with Gasteiger partial charge >= 0.3 is 6.09 Å². The van der Waals surface area contributed by atoms with E-state index < -0.39 is 51.7 Å². The molecule has 286 valence electrons. The van der Waals surface area contributed by atoms with E-state index in [-0.39, 0.29) is 71.0 Å². The Balaban J connectivity index is 1.24. The first kappa shape index (κ1) is 36.6. The van der Waals surface area contributed by atoms with Gasteiger partial charge in [-0.25, -0.2) is 9.69 Å². The van der Waals surface area contributed by atoms with Gasteiger partial charge in [-0.05, 0) is 48.6 Å². The van der Waals surface area contributed by atoms with E-state index in [4.69, 9.17) is 29.7 Å². The summed E-state index contributed by atoms with van der Waals surface area (Å²) >= 11 is 0. The summed E-state index contributed by atoms with van der Waals surface area (Å²) in [6, 6.07) is 10.3. The van der Waals surface area contributed by atoms with E-state index >= 15 is 0 Å². The molecule has 4 aliphatic rings. The van der Waals surface area contributed by atoms with Crippen molar-refractivity contribution in [1.29, 1.82) is 0 Å². The van der Waals surface area contributed by atoms with Gasteiger partial charge in [0.15, 0.2) is 23.1 Å². The number of nitrogen functional groups attached to an aromatic ring is 1.